The molecule has 2 aromatic rings. The number of rotatable bonds is 5. The van der Waals surface area contributed by atoms with Crippen LogP contribution in [-0.4, -0.2) is 73.6 Å². The number of hydrogen-bond donors (Lipinski definition) is 5. The number of carboxylic acid groups (broad SMARTS) is 1. The summed E-state index contributed by atoms with van der Waals surface area (Å²) in [6.45, 7) is 3.60. The molecule has 2 aromatic carbocycles. The molecular formula is C28H26F4O10. The topological polar surface area (TPSA) is 163 Å². The molecule has 14 heteroatoms. The molecule has 2 heterocycles. The fraction of sp³-hybridized carbons (Fsp3) is 0.429. The average molecular weight is 598 g/mol. The summed E-state index contributed by atoms with van der Waals surface area (Å²) in [5, 5.41) is 50.5. The molecule has 0 spiro atoms. The van der Waals surface area contributed by atoms with Gasteiger partial charge in [-0.15, -0.1) is 0 Å². The summed E-state index contributed by atoms with van der Waals surface area (Å²) in [5.41, 5.74) is -4.43. The van der Waals surface area contributed by atoms with Crippen molar-refractivity contribution in [3.05, 3.63) is 69.8 Å². The van der Waals surface area contributed by atoms with Crippen molar-refractivity contribution >= 4 is 17.5 Å². The van der Waals surface area contributed by atoms with E-state index >= 15 is 17.6 Å². The van der Waals surface area contributed by atoms with Crippen LogP contribution in [0.2, 0.25) is 0 Å². The minimum atomic E-state index is -2.65. The summed E-state index contributed by atoms with van der Waals surface area (Å²) in [4.78, 5) is 24.9. The SMILES string of the molecule is CC1(C)CCC2=C(O1)c1ccccc1C(O)(Cc1c(F)c(F)c(O[C@@H]3O[C@H](C(=O)O)[C@@H](O)[C@H](O)[C@H]3O)c(F)c1F)C2=O. The number of carbonyl (C=O) groups is 2. The van der Waals surface area contributed by atoms with Gasteiger partial charge in [0.2, 0.25) is 17.9 Å². The molecule has 0 bridgehead atoms. The van der Waals surface area contributed by atoms with Crippen molar-refractivity contribution in [3.63, 3.8) is 0 Å². The van der Waals surface area contributed by atoms with E-state index in [4.69, 9.17) is 19.3 Å². The molecule has 0 saturated carbocycles. The second-order valence-electron chi connectivity index (χ2n) is 11.0. The van der Waals surface area contributed by atoms with Crippen LogP contribution < -0.4 is 4.74 Å². The Bertz CT molecular complexity index is 1480. The Balaban J connectivity index is 1.53. The summed E-state index contributed by atoms with van der Waals surface area (Å²) in [7, 11) is 0. The van der Waals surface area contributed by atoms with Crippen molar-refractivity contribution in [2.45, 2.75) is 75.0 Å². The summed E-state index contributed by atoms with van der Waals surface area (Å²) >= 11 is 0. The van der Waals surface area contributed by atoms with Gasteiger partial charge in [0, 0.05) is 28.7 Å². The van der Waals surface area contributed by atoms with Crippen molar-refractivity contribution in [2.24, 2.45) is 0 Å². The van der Waals surface area contributed by atoms with Gasteiger partial charge in [0.15, 0.2) is 34.9 Å². The maximum atomic E-state index is 15.4. The van der Waals surface area contributed by atoms with Gasteiger partial charge in [0.1, 0.15) is 29.7 Å². The second-order valence-corrected chi connectivity index (χ2v) is 11.0. The van der Waals surface area contributed by atoms with Crippen LogP contribution in [0.3, 0.4) is 0 Å². The van der Waals surface area contributed by atoms with Crippen molar-refractivity contribution in [3.8, 4) is 5.75 Å². The van der Waals surface area contributed by atoms with Gasteiger partial charge in [-0.05, 0) is 26.7 Å². The molecule has 1 fully saturated rings. The van der Waals surface area contributed by atoms with Crippen molar-refractivity contribution < 1.29 is 66.9 Å². The number of Topliss-reactive ketones (excluding diaryl/α,β-unsaturated/α-hetero) is 1. The van der Waals surface area contributed by atoms with Gasteiger partial charge in [0.05, 0.1) is 0 Å². The van der Waals surface area contributed by atoms with Gasteiger partial charge in [-0.2, -0.15) is 8.78 Å². The predicted molar refractivity (Wildman–Crippen MR) is 132 cm³/mol. The van der Waals surface area contributed by atoms with Crippen molar-refractivity contribution in [2.75, 3.05) is 0 Å². The molecular weight excluding hydrogens is 572 g/mol. The lowest BCUT2D eigenvalue weighted by Crippen LogP contribution is -2.61. The Morgan fingerprint density at radius 3 is 2.24 bits per heavy atom. The van der Waals surface area contributed by atoms with Crippen LogP contribution in [0.25, 0.3) is 5.76 Å². The number of aliphatic hydroxyl groups is 4. The zero-order valence-electron chi connectivity index (χ0n) is 22.1. The van der Waals surface area contributed by atoms with Crippen LogP contribution in [0.5, 0.6) is 5.75 Å². The second kappa shape index (κ2) is 10.3. The van der Waals surface area contributed by atoms with E-state index in [-0.39, 0.29) is 28.9 Å². The zero-order chi connectivity index (χ0) is 30.9. The van der Waals surface area contributed by atoms with Crippen LogP contribution in [0, 0.1) is 23.3 Å². The van der Waals surface area contributed by atoms with E-state index in [2.05, 4.69) is 0 Å². The molecule has 3 aliphatic rings. The number of aliphatic hydroxyl groups excluding tert-OH is 3. The maximum absolute atomic E-state index is 15.4. The monoisotopic (exact) mass is 598 g/mol. The quantitative estimate of drug-likeness (QED) is 0.254. The minimum Gasteiger partial charge on any atom is -0.487 e. The number of carboxylic acids is 1. The number of aliphatic carboxylic acids is 1. The fourth-order valence-electron chi connectivity index (χ4n) is 5.39. The molecule has 0 amide bonds. The molecule has 1 aliphatic carbocycles. The van der Waals surface area contributed by atoms with Gasteiger partial charge >= 0.3 is 5.97 Å². The molecule has 6 atom stereocenters. The van der Waals surface area contributed by atoms with Crippen LogP contribution in [0.4, 0.5) is 17.6 Å². The van der Waals surface area contributed by atoms with E-state index in [1.807, 2.05) is 0 Å². The van der Waals surface area contributed by atoms with Gasteiger partial charge in [0.25, 0.3) is 0 Å². The molecule has 1 saturated heterocycles. The molecule has 0 aromatic heterocycles. The highest BCUT2D eigenvalue weighted by molar-refractivity contribution is 6.10. The molecule has 226 valence electrons. The first-order valence-electron chi connectivity index (χ1n) is 12.8. The van der Waals surface area contributed by atoms with E-state index in [1.165, 1.54) is 18.2 Å². The van der Waals surface area contributed by atoms with E-state index in [0.717, 1.165) is 0 Å². The summed E-state index contributed by atoms with van der Waals surface area (Å²) in [5.74, 6) is -12.8. The highest BCUT2D eigenvalue weighted by atomic mass is 19.2. The van der Waals surface area contributed by atoms with Crippen LogP contribution in [0.1, 0.15) is 43.4 Å². The fourth-order valence-corrected chi connectivity index (χ4v) is 5.39. The highest BCUT2D eigenvalue weighted by Gasteiger charge is 2.51. The van der Waals surface area contributed by atoms with Gasteiger partial charge in [-0.1, -0.05) is 24.3 Å². The van der Waals surface area contributed by atoms with E-state index in [9.17, 15) is 30.0 Å². The molecule has 42 heavy (non-hydrogen) atoms. The normalized spacial score (nSPS) is 30.3. The summed E-state index contributed by atoms with van der Waals surface area (Å²) < 4.78 is 76.5. The number of ketones is 1. The molecule has 0 radical (unpaired) electrons. The van der Waals surface area contributed by atoms with Gasteiger partial charge in [-0.3, -0.25) is 4.79 Å². The number of halogens is 4. The van der Waals surface area contributed by atoms with Gasteiger partial charge < -0.3 is 39.7 Å². The lowest BCUT2D eigenvalue weighted by Gasteiger charge is -2.41. The Hall–Kier alpha value is -3.56. The first-order chi connectivity index (χ1) is 19.6. The van der Waals surface area contributed by atoms with E-state index in [0.29, 0.717) is 6.42 Å². The van der Waals surface area contributed by atoms with Crippen LogP contribution in [-0.2, 0) is 31.1 Å². The number of carbonyl (C=O) groups excluding carboxylic acids is 1. The maximum Gasteiger partial charge on any atom is 0.335 e. The number of ether oxygens (including phenoxy) is 3. The average Bonchev–Trinajstić information content (AvgIpc) is 2.94. The molecule has 5 rings (SSSR count). The minimum absolute atomic E-state index is 0.0504. The third kappa shape index (κ3) is 4.63. The Kier molecular flexibility index (Phi) is 7.34. The first-order valence-corrected chi connectivity index (χ1v) is 12.8. The summed E-state index contributed by atoms with van der Waals surface area (Å²) in [6, 6.07) is 5.89. The van der Waals surface area contributed by atoms with Crippen LogP contribution >= 0.6 is 0 Å². The zero-order valence-corrected chi connectivity index (χ0v) is 22.1. The van der Waals surface area contributed by atoms with Crippen molar-refractivity contribution in [1.82, 2.24) is 0 Å². The lowest BCUT2D eigenvalue weighted by molar-refractivity contribution is -0.272. The predicted octanol–water partition coefficient (Wildman–Crippen LogP) is 1.83. The Morgan fingerprint density at radius 2 is 1.62 bits per heavy atom. The summed E-state index contributed by atoms with van der Waals surface area (Å²) in [6.07, 6.45) is -12.0. The molecule has 2 aliphatic heterocycles. The number of hydrogen-bond acceptors (Lipinski definition) is 9. The standard InChI is InChI=1S/C28H26F4O10/c1-27(2)8-7-11-21(42-27)10-5-3-4-6-13(10)28(39,24(11)36)9-12-14(29)16(31)22(17(32)15(12)30)40-26-20(35)18(33)19(34)23(41-26)25(37)38/h3-6,18-20,23,26,33-35,39H,7-9H2,1-2H3,(H,37,38)/t18-,19-,20+,23-,26+,28?/m0/s1. The molecule has 1 unspecified atom stereocenters. The molecule has 10 nitrogen and oxygen atoms in total. The smallest absolute Gasteiger partial charge is 0.335 e. The van der Waals surface area contributed by atoms with E-state index < -0.39 is 94.7 Å². The molecule has 5 N–H and O–H groups in total. The first kappa shape index (κ1) is 29.9. The van der Waals surface area contributed by atoms with E-state index in [1.54, 1.807) is 19.9 Å². The lowest BCUT2D eigenvalue weighted by atomic mass is 9.71. The number of benzene rings is 2. The third-order valence-corrected chi connectivity index (χ3v) is 7.69. The van der Waals surface area contributed by atoms with Crippen molar-refractivity contribution in [1.29, 1.82) is 0 Å². The largest absolute Gasteiger partial charge is 0.487 e. The Morgan fingerprint density at radius 1 is 1.00 bits per heavy atom. The Labute approximate surface area is 235 Å². The third-order valence-electron chi connectivity index (χ3n) is 7.69. The number of fused-ring (bicyclic) bond motifs is 2. The van der Waals surface area contributed by atoms with Gasteiger partial charge in [-0.25, -0.2) is 13.6 Å². The highest BCUT2D eigenvalue weighted by Crippen LogP contribution is 2.48. The van der Waals surface area contributed by atoms with Crippen LogP contribution in [0.15, 0.2) is 29.8 Å².